The Hall–Kier alpha value is -0.920. The van der Waals surface area contributed by atoms with Crippen LogP contribution in [-0.2, 0) is 16.6 Å². The molecule has 104 valence electrons. The van der Waals surface area contributed by atoms with E-state index in [1.165, 1.54) is 0 Å². The Morgan fingerprint density at radius 3 is 2.56 bits per heavy atom. The molecule has 1 rings (SSSR count). The molecule has 0 aliphatic rings. The summed E-state index contributed by atoms with van der Waals surface area (Å²) in [6, 6.07) is 1.97. The van der Waals surface area contributed by atoms with E-state index in [2.05, 4.69) is 15.2 Å². The van der Waals surface area contributed by atoms with E-state index in [9.17, 15) is 8.42 Å². The predicted octanol–water partition coefficient (Wildman–Crippen LogP) is 0.789. The van der Waals surface area contributed by atoms with Crippen molar-refractivity contribution in [3.63, 3.8) is 0 Å². The van der Waals surface area contributed by atoms with Gasteiger partial charge < -0.3 is 9.84 Å². The SMILES string of the molecule is Cc1cc(CNS(=O)(=O)C(C)CNC(C)C)on1. The molecule has 18 heavy (non-hydrogen) atoms. The van der Waals surface area contributed by atoms with Crippen LogP contribution in [0.1, 0.15) is 32.2 Å². The summed E-state index contributed by atoms with van der Waals surface area (Å²) in [6.07, 6.45) is 0. The largest absolute Gasteiger partial charge is 0.360 e. The molecule has 0 bridgehead atoms. The molecular formula is C11H21N3O3S. The minimum absolute atomic E-state index is 0.134. The van der Waals surface area contributed by atoms with Crippen LogP contribution in [0.15, 0.2) is 10.6 Å². The maximum atomic E-state index is 11.9. The molecule has 0 fully saturated rings. The Balaban J connectivity index is 2.48. The molecule has 7 heteroatoms. The first-order chi connectivity index (χ1) is 8.31. The van der Waals surface area contributed by atoms with Gasteiger partial charge in [-0.1, -0.05) is 19.0 Å². The summed E-state index contributed by atoms with van der Waals surface area (Å²) in [4.78, 5) is 0. The fraction of sp³-hybridized carbons (Fsp3) is 0.727. The minimum Gasteiger partial charge on any atom is -0.360 e. The Morgan fingerprint density at radius 2 is 2.06 bits per heavy atom. The highest BCUT2D eigenvalue weighted by molar-refractivity contribution is 7.90. The lowest BCUT2D eigenvalue weighted by atomic mass is 10.3. The van der Waals surface area contributed by atoms with Crippen molar-refractivity contribution in [3.8, 4) is 0 Å². The van der Waals surface area contributed by atoms with Crippen LogP contribution in [0, 0.1) is 6.92 Å². The molecule has 0 amide bonds. The summed E-state index contributed by atoms with van der Waals surface area (Å²) in [5, 5.41) is 6.30. The number of hydrogen-bond donors (Lipinski definition) is 2. The summed E-state index contributed by atoms with van der Waals surface area (Å²) in [7, 11) is -3.35. The molecule has 0 aliphatic carbocycles. The van der Waals surface area contributed by atoms with E-state index in [1.54, 1.807) is 19.9 Å². The van der Waals surface area contributed by atoms with Crippen LogP contribution in [0.3, 0.4) is 0 Å². The van der Waals surface area contributed by atoms with Gasteiger partial charge >= 0.3 is 0 Å². The van der Waals surface area contributed by atoms with Gasteiger partial charge in [0.2, 0.25) is 10.0 Å². The second kappa shape index (κ2) is 6.31. The quantitative estimate of drug-likeness (QED) is 0.768. The van der Waals surface area contributed by atoms with E-state index >= 15 is 0 Å². The third-order valence-electron chi connectivity index (χ3n) is 2.47. The van der Waals surface area contributed by atoms with Gasteiger partial charge in [-0.25, -0.2) is 13.1 Å². The molecule has 1 aromatic heterocycles. The van der Waals surface area contributed by atoms with E-state index in [4.69, 9.17) is 4.52 Å². The molecule has 2 N–H and O–H groups in total. The lowest BCUT2D eigenvalue weighted by Crippen LogP contribution is -2.40. The number of hydrogen-bond acceptors (Lipinski definition) is 5. The van der Waals surface area contributed by atoms with Gasteiger partial charge in [0, 0.05) is 18.7 Å². The summed E-state index contributed by atoms with van der Waals surface area (Å²) in [6.45, 7) is 7.96. The molecule has 0 radical (unpaired) electrons. The first-order valence-corrected chi connectivity index (χ1v) is 7.50. The molecular weight excluding hydrogens is 254 g/mol. The van der Waals surface area contributed by atoms with Crippen LogP contribution in [0.25, 0.3) is 0 Å². The van der Waals surface area contributed by atoms with Gasteiger partial charge in [0.05, 0.1) is 17.5 Å². The van der Waals surface area contributed by atoms with Gasteiger partial charge in [0.1, 0.15) is 0 Å². The first-order valence-electron chi connectivity index (χ1n) is 5.95. The van der Waals surface area contributed by atoms with E-state index in [-0.39, 0.29) is 12.6 Å². The van der Waals surface area contributed by atoms with Crippen molar-refractivity contribution in [3.05, 3.63) is 17.5 Å². The van der Waals surface area contributed by atoms with Crippen LogP contribution in [0.4, 0.5) is 0 Å². The summed E-state index contributed by atoms with van der Waals surface area (Å²) in [5.41, 5.74) is 0.735. The normalized spacial score (nSPS) is 14.1. The lowest BCUT2D eigenvalue weighted by Gasteiger charge is -2.15. The molecule has 1 heterocycles. The monoisotopic (exact) mass is 275 g/mol. The maximum absolute atomic E-state index is 11.9. The summed E-state index contributed by atoms with van der Waals surface area (Å²) < 4.78 is 31.3. The highest BCUT2D eigenvalue weighted by Gasteiger charge is 2.20. The minimum atomic E-state index is -3.35. The standard InChI is InChI=1S/C11H21N3O3S/c1-8(2)12-6-10(4)18(15,16)13-7-11-5-9(3)14-17-11/h5,8,10,12-13H,6-7H2,1-4H3. The van der Waals surface area contributed by atoms with Crippen molar-refractivity contribution >= 4 is 10.0 Å². The maximum Gasteiger partial charge on any atom is 0.215 e. The fourth-order valence-corrected chi connectivity index (χ4v) is 2.27. The molecule has 0 saturated heterocycles. The van der Waals surface area contributed by atoms with Crippen LogP contribution < -0.4 is 10.0 Å². The van der Waals surface area contributed by atoms with Crippen LogP contribution in [0.5, 0.6) is 0 Å². The Labute approximate surface area is 108 Å². The highest BCUT2D eigenvalue weighted by atomic mass is 32.2. The average molecular weight is 275 g/mol. The number of sulfonamides is 1. The smallest absolute Gasteiger partial charge is 0.215 e. The number of rotatable bonds is 7. The molecule has 1 unspecified atom stereocenters. The zero-order chi connectivity index (χ0) is 13.8. The summed E-state index contributed by atoms with van der Waals surface area (Å²) in [5.74, 6) is 0.514. The Morgan fingerprint density at radius 1 is 1.39 bits per heavy atom. The van der Waals surface area contributed by atoms with Crippen LogP contribution in [-0.4, -0.2) is 31.4 Å². The van der Waals surface area contributed by atoms with Gasteiger partial charge in [-0.3, -0.25) is 0 Å². The number of aryl methyl sites for hydroxylation is 1. The van der Waals surface area contributed by atoms with E-state index < -0.39 is 15.3 Å². The topological polar surface area (TPSA) is 84.2 Å². The zero-order valence-corrected chi connectivity index (χ0v) is 12.0. The van der Waals surface area contributed by atoms with Crippen molar-refractivity contribution in [2.45, 2.75) is 45.5 Å². The molecule has 6 nitrogen and oxygen atoms in total. The van der Waals surface area contributed by atoms with Gasteiger partial charge in [-0.2, -0.15) is 0 Å². The number of nitrogens with one attached hydrogen (secondary N) is 2. The Bertz CT molecular complexity index is 468. The number of aromatic nitrogens is 1. The van der Waals surface area contributed by atoms with E-state index in [0.29, 0.717) is 12.3 Å². The highest BCUT2D eigenvalue weighted by Crippen LogP contribution is 2.04. The Kier molecular flexibility index (Phi) is 5.30. The van der Waals surface area contributed by atoms with E-state index in [0.717, 1.165) is 5.69 Å². The fourth-order valence-electron chi connectivity index (χ4n) is 1.32. The second-order valence-electron chi connectivity index (χ2n) is 4.67. The molecule has 1 aromatic rings. The third-order valence-corrected chi connectivity index (χ3v) is 4.24. The van der Waals surface area contributed by atoms with Gasteiger partial charge in [0.15, 0.2) is 5.76 Å². The lowest BCUT2D eigenvalue weighted by molar-refractivity contribution is 0.376. The van der Waals surface area contributed by atoms with Gasteiger partial charge in [-0.15, -0.1) is 0 Å². The van der Waals surface area contributed by atoms with Crippen molar-refractivity contribution in [1.82, 2.24) is 15.2 Å². The van der Waals surface area contributed by atoms with Crippen molar-refractivity contribution in [2.75, 3.05) is 6.54 Å². The van der Waals surface area contributed by atoms with Crippen molar-refractivity contribution in [1.29, 1.82) is 0 Å². The molecule has 0 spiro atoms. The first kappa shape index (κ1) is 15.1. The molecule has 0 aromatic carbocycles. The van der Waals surface area contributed by atoms with E-state index in [1.807, 2.05) is 13.8 Å². The molecule has 0 aliphatic heterocycles. The zero-order valence-electron chi connectivity index (χ0n) is 11.2. The van der Waals surface area contributed by atoms with Crippen LogP contribution in [0.2, 0.25) is 0 Å². The second-order valence-corrected chi connectivity index (χ2v) is 6.86. The van der Waals surface area contributed by atoms with Crippen molar-refractivity contribution in [2.24, 2.45) is 0 Å². The van der Waals surface area contributed by atoms with Crippen LogP contribution >= 0.6 is 0 Å². The van der Waals surface area contributed by atoms with Gasteiger partial charge in [-0.05, 0) is 13.8 Å². The molecule has 1 atom stereocenters. The third kappa shape index (κ3) is 4.75. The van der Waals surface area contributed by atoms with Gasteiger partial charge in [0.25, 0.3) is 0 Å². The average Bonchev–Trinajstić information content (AvgIpc) is 2.69. The predicted molar refractivity (Wildman–Crippen MR) is 69.6 cm³/mol. The summed E-state index contributed by atoms with van der Waals surface area (Å²) >= 11 is 0. The number of nitrogens with zero attached hydrogens (tertiary/aromatic N) is 1. The van der Waals surface area contributed by atoms with Crippen molar-refractivity contribution < 1.29 is 12.9 Å². The molecule has 0 saturated carbocycles.